The number of nitrogens with two attached hydrogens (primary N) is 1. The van der Waals surface area contributed by atoms with Crippen LogP contribution in [-0.2, 0) is 6.54 Å². The lowest BCUT2D eigenvalue weighted by Crippen LogP contribution is -2.09. The van der Waals surface area contributed by atoms with E-state index in [0.29, 0.717) is 24.8 Å². The number of aryl methyl sites for hydroxylation is 1. The Hall–Kier alpha value is -1.97. The smallest absolute Gasteiger partial charge is 0.122 e. The van der Waals surface area contributed by atoms with Crippen LogP contribution in [-0.4, -0.2) is 16.4 Å². The van der Waals surface area contributed by atoms with Crippen molar-refractivity contribution in [3.05, 3.63) is 41.7 Å². The van der Waals surface area contributed by atoms with Crippen LogP contribution < -0.4 is 10.5 Å². The summed E-state index contributed by atoms with van der Waals surface area (Å²) in [6, 6.07) is 6.38. The molecule has 102 valence electrons. The molecule has 0 bridgehead atoms. The maximum atomic E-state index is 5.84. The van der Waals surface area contributed by atoms with E-state index in [1.165, 1.54) is 5.56 Å². The van der Waals surface area contributed by atoms with Gasteiger partial charge in [-0.05, 0) is 30.0 Å². The predicted octanol–water partition coefficient (Wildman–Crippen LogP) is 2.98. The van der Waals surface area contributed by atoms with Crippen molar-refractivity contribution in [1.29, 1.82) is 0 Å². The molecular formula is C15H21N3O. The SMILES string of the molecule is Cc1ccc(C(C)C)cc1OCCn1cc(N)cn1. The summed E-state index contributed by atoms with van der Waals surface area (Å²) in [6.45, 7) is 7.71. The quantitative estimate of drug-likeness (QED) is 0.898. The maximum absolute atomic E-state index is 5.84. The van der Waals surface area contributed by atoms with Crippen molar-refractivity contribution < 1.29 is 4.74 Å². The van der Waals surface area contributed by atoms with Crippen molar-refractivity contribution in [2.75, 3.05) is 12.3 Å². The molecule has 0 aliphatic rings. The molecule has 4 heteroatoms. The second kappa shape index (κ2) is 5.78. The zero-order valence-electron chi connectivity index (χ0n) is 11.8. The highest BCUT2D eigenvalue weighted by Gasteiger charge is 2.05. The minimum atomic E-state index is 0.508. The van der Waals surface area contributed by atoms with Crippen molar-refractivity contribution in [1.82, 2.24) is 9.78 Å². The third-order valence-electron chi connectivity index (χ3n) is 3.11. The second-order valence-electron chi connectivity index (χ2n) is 5.06. The summed E-state index contributed by atoms with van der Waals surface area (Å²) in [5.74, 6) is 1.46. The molecule has 4 nitrogen and oxygen atoms in total. The molecule has 0 aliphatic heterocycles. The van der Waals surface area contributed by atoms with Crippen LogP contribution in [0.25, 0.3) is 0 Å². The summed E-state index contributed by atoms with van der Waals surface area (Å²) in [6.07, 6.45) is 3.45. The van der Waals surface area contributed by atoms with E-state index in [-0.39, 0.29) is 0 Å². The van der Waals surface area contributed by atoms with Crippen LogP contribution in [0.2, 0.25) is 0 Å². The van der Waals surface area contributed by atoms with Crippen molar-refractivity contribution in [3.63, 3.8) is 0 Å². The highest BCUT2D eigenvalue weighted by molar-refractivity contribution is 5.37. The number of nitrogen functional groups attached to an aromatic ring is 1. The van der Waals surface area contributed by atoms with Gasteiger partial charge in [0.2, 0.25) is 0 Å². The first kappa shape index (κ1) is 13.5. The molecule has 0 radical (unpaired) electrons. The van der Waals surface area contributed by atoms with Crippen LogP contribution in [0.4, 0.5) is 5.69 Å². The number of hydrogen-bond acceptors (Lipinski definition) is 3. The van der Waals surface area contributed by atoms with Gasteiger partial charge in [-0.2, -0.15) is 5.10 Å². The largest absolute Gasteiger partial charge is 0.491 e. The number of anilines is 1. The number of rotatable bonds is 5. The zero-order chi connectivity index (χ0) is 13.8. The second-order valence-corrected chi connectivity index (χ2v) is 5.06. The van der Waals surface area contributed by atoms with Crippen molar-refractivity contribution in [2.24, 2.45) is 0 Å². The van der Waals surface area contributed by atoms with E-state index in [9.17, 15) is 0 Å². The lowest BCUT2D eigenvalue weighted by Gasteiger charge is -2.12. The average Bonchev–Trinajstić information content (AvgIpc) is 2.77. The van der Waals surface area contributed by atoms with Gasteiger partial charge in [-0.1, -0.05) is 26.0 Å². The van der Waals surface area contributed by atoms with Gasteiger partial charge in [0.25, 0.3) is 0 Å². The minimum absolute atomic E-state index is 0.508. The van der Waals surface area contributed by atoms with Gasteiger partial charge in [0.1, 0.15) is 12.4 Å². The molecule has 0 aliphatic carbocycles. The first-order valence-corrected chi connectivity index (χ1v) is 6.57. The standard InChI is InChI=1S/C15H21N3O/c1-11(2)13-5-4-12(3)15(8-13)19-7-6-18-10-14(16)9-17-18/h4-5,8-11H,6-7,16H2,1-3H3. The number of hydrogen-bond donors (Lipinski definition) is 1. The van der Waals surface area contributed by atoms with Crippen molar-refractivity contribution >= 4 is 5.69 Å². The Labute approximate surface area is 114 Å². The van der Waals surface area contributed by atoms with Gasteiger partial charge in [0, 0.05) is 6.20 Å². The van der Waals surface area contributed by atoms with Gasteiger partial charge in [-0.3, -0.25) is 4.68 Å². The molecule has 1 heterocycles. The molecule has 0 saturated heterocycles. The molecule has 19 heavy (non-hydrogen) atoms. The van der Waals surface area contributed by atoms with Crippen LogP contribution in [0.1, 0.15) is 30.9 Å². The highest BCUT2D eigenvalue weighted by Crippen LogP contribution is 2.24. The summed E-state index contributed by atoms with van der Waals surface area (Å²) >= 11 is 0. The summed E-state index contributed by atoms with van der Waals surface area (Å²) in [4.78, 5) is 0. The van der Waals surface area contributed by atoms with Crippen LogP contribution in [0, 0.1) is 6.92 Å². The van der Waals surface area contributed by atoms with E-state index in [0.717, 1.165) is 11.3 Å². The minimum Gasteiger partial charge on any atom is -0.491 e. The summed E-state index contributed by atoms with van der Waals surface area (Å²) in [5.41, 5.74) is 8.75. The lowest BCUT2D eigenvalue weighted by molar-refractivity contribution is 0.289. The zero-order valence-corrected chi connectivity index (χ0v) is 11.8. The van der Waals surface area contributed by atoms with Crippen LogP contribution >= 0.6 is 0 Å². The Kier molecular flexibility index (Phi) is 4.10. The highest BCUT2D eigenvalue weighted by atomic mass is 16.5. The van der Waals surface area contributed by atoms with E-state index in [2.05, 4.69) is 44.1 Å². The lowest BCUT2D eigenvalue weighted by atomic mass is 10.0. The Morgan fingerprint density at radius 3 is 2.79 bits per heavy atom. The number of ether oxygens (including phenoxy) is 1. The van der Waals surface area contributed by atoms with Crippen molar-refractivity contribution in [2.45, 2.75) is 33.2 Å². The van der Waals surface area contributed by atoms with E-state index in [1.54, 1.807) is 17.1 Å². The van der Waals surface area contributed by atoms with Gasteiger partial charge in [-0.25, -0.2) is 0 Å². The van der Waals surface area contributed by atoms with Gasteiger partial charge in [-0.15, -0.1) is 0 Å². The van der Waals surface area contributed by atoms with Crippen LogP contribution in [0.15, 0.2) is 30.6 Å². The number of nitrogens with zero attached hydrogens (tertiary/aromatic N) is 2. The summed E-state index contributed by atoms with van der Waals surface area (Å²) in [5, 5.41) is 4.13. The van der Waals surface area contributed by atoms with Gasteiger partial charge < -0.3 is 10.5 Å². The third-order valence-corrected chi connectivity index (χ3v) is 3.11. The average molecular weight is 259 g/mol. The molecule has 1 aromatic carbocycles. The fraction of sp³-hybridized carbons (Fsp3) is 0.400. The molecule has 0 atom stereocenters. The molecular weight excluding hydrogens is 238 g/mol. The first-order chi connectivity index (χ1) is 9.06. The number of aromatic nitrogens is 2. The maximum Gasteiger partial charge on any atom is 0.122 e. The molecule has 0 amide bonds. The Bertz CT molecular complexity index is 546. The number of benzene rings is 1. The van der Waals surface area contributed by atoms with Gasteiger partial charge in [0.15, 0.2) is 0 Å². The molecule has 0 fully saturated rings. The molecule has 2 rings (SSSR count). The van der Waals surface area contributed by atoms with E-state index < -0.39 is 0 Å². The molecule has 2 aromatic rings. The molecule has 0 saturated carbocycles. The first-order valence-electron chi connectivity index (χ1n) is 6.57. The topological polar surface area (TPSA) is 53.1 Å². The Morgan fingerprint density at radius 2 is 2.16 bits per heavy atom. The monoisotopic (exact) mass is 259 g/mol. The van der Waals surface area contributed by atoms with Gasteiger partial charge >= 0.3 is 0 Å². The molecule has 2 N–H and O–H groups in total. The predicted molar refractivity (Wildman–Crippen MR) is 77.4 cm³/mol. The molecule has 0 unspecified atom stereocenters. The van der Waals surface area contributed by atoms with E-state index >= 15 is 0 Å². The van der Waals surface area contributed by atoms with Crippen LogP contribution in [0.5, 0.6) is 5.75 Å². The Balaban J connectivity index is 1.97. The fourth-order valence-corrected chi connectivity index (χ4v) is 1.88. The third kappa shape index (κ3) is 3.50. The van der Waals surface area contributed by atoms with Crippen LogP contribution in [0.3, 0.4) is 0 Å². The van der Waals surface area contributed by atoms with E-state index in [1.807, 2.05) is 0 Å². The fourth-order valence-electron chi connectivity index (χ4n) is 1.88. The van der Waals surface area contributed by atoms with Gasteiger partial charge in [0.05, 0.1) is 18.4 Å². The Morgan fingerprint density at radius 1 is 1.37 bits per heavy atom. The summed E-state index contributed by atoms with van der Waals surface area (Å²) < 4.78 is 7.63. The molecule has 0 spiro atoms. The van der Waals surface area contributed by atoms with E-state index in [4.69, 9.17) is 10.5 Å². The van der Waals surface area contributed by atoms with Crippen molar-refractivity contribution in [3.8, 4) is 5.75 Å². The summed E-state index contributed by atoms with van der Waals surface area (Å²) in [7, 11) is 0. The molecule has 1 aromatic heterocycles. The normalized spacial score (nSPS) is 10.9.